The van der Waals surface area contributed by atoms with Gasteiger partial charge in [-0.3, -0.25) is 9.36 Å². The molecule has 0 saturated heterocycles. The molecule has 3 heterocycles. The van der Waals surface area contributed by atoms with E-state index in [1.165, 1.54) is 17.0 Å². The van der Waals surface area contributed by atoms with Crippen LogP contribution in [0.1, 0.15) is 16.0 Å². The summed E-state index contributed by atoms with van der Waals surface area (Å²) < 4.78 is 14.6. The molecule has 0 fully saturated rings. The first-order valence-electron chi connectivity index (χ1n) is 7.17. The first-order valence-corrected chi connectivity index (χ1v) is 7.99. The molecule has 6 heteroatoms. The van der Waals surface area contributed by atoms with Crippen molar-refractivity contribution in [2.75, 3.05) is 6.54 Å². The van der Waals surface area contributed by atoms with E-state index in [4.69, 9.17) is 0 Å². The van der Waals surface area contributed by atoms with Gasteiger partial charge in [0.15, 0.2) is 0 Å². The van der Waals surface area contributed by atoms with Crippen LogP contribution in [-0.4, -0.2) is 16.1 Å². The zero-order valence-electron chi connectivity index (χ0n) is 11.8. The maximum atomic E-state index is 13.0. The molecular formula is C16H14FN3OS. The van der Waals surface area contributed by atoms with E-state index in [2.05, 4.69) is 10.3 Å². The predicted molar refractivity (Wildman–Crippen MR) is 84.8 cm³/mol. The van der Waals surface area contributed by atoms with E-state index < -0.39 is 0 Å². The van der Waals surface area contributed by atoms with Gasteiger partial charge in [0.25, 0.3) is 5.56 Å². The molecule has 4 rings (SSSR count). The number of thiophene rings is 1. The molecule has 0 spiro atoms. The summed E-state index contributed by atoms with van der Waals surface area (Å²) >= 11 is 1.59. The molecule has 0 bridgehead atoms. The highest BCUT2D eigenvalue weighted by atomic mass is 32.1. The Balaban J connectivity index is 1.80. The Hall–Kier alpha value is -2.05. The second-order valence-corrected chi connectivity index (χ2v) is 6.50. The Morgan fingerprint density at radius 2 is 2.14 bits per heavy atom. The SMILES string of the molecule is O=c1c2c3c(sc2ncn1Cc1ccc(F)cc1)CNCC3. The third kappa shape index (κ3) is 2.24. The third-order valence-corrected chi connectivity index (χ3v) is 5.10. The lowest BCUT2D eigenvalue weighted by molar-refractivity contribution is 0.626. The van der Waals surface area contributed by atoms with Crippen LogP contribution in [0, 0.1) is 5.82 Å². The van der Waals surface area contributed by atoms with Gasteiger partial charge in [-0.05, 0) is 36.2 Å². The van der Waals surface area contributed by atoms with Crippen LogP contribution in [-0.2, 0) is 19.5 Å². The first kappa shape index (κ1) is 13.6. The monoisotopic (exact) mass is 315 g/mol. The molecule has 112 valence electrons. The van der Waals surface area contributed by atoms with Gasteiger partial charge in [0.05, 0.1) is 18.3 Å². The lowest BCUT2D eigenvalue weighted by atomic mass is 10.1. The number of hydrogen-bond acceptors (Lipinski definition) is 4. The zero-order valence-corrected chi connectivity index (χ0v) is 12.6. The molecule has 0 aliphatic carbocycles. The van der Waals surface area contributed by atoms with Crippen LogP contribution in [0.4, 0.5) is 4.39 Å². The molecule has 1 N–H and O–H groups in total. The van der Waals surface area contributed by atoms with Crippen molar-refractivity contribution in [2.45, 2.75) is 19.5 Å². The highest BCUT2D eigenvalue weighted by Crippen LogP contribution is 2.29. The Morgan fingerprint density at radius 1 is 1.32 bits per heavy atom. The van der Waals surface area contributed by atoms with Crippen molar-refractivity contribution in [3.05, 3.63) is 62.8 Å². The van der Waals surface area contributed by atoms with Gasteiger partial charge in [-0.15, -0.1) is 11.3 Å². The molecule has 1 aliphatic heterocycles. The molecule has 3 aromatic rings. The average molecular weight is 315 g/mol. The zero-order chi connectivity index (χ0) is 15.1. The Bertz CT molecular complexity index is 898. The van der Waals surface area contributed by atoms with Crippen LogP contribution in [0.25, 0.3) is 10.2 Å². The summed E-state index contributed by atoms with van der Waals surface area (Å²) in [4.78, 5) is 19.2. The van der Waals surface area contributed by atoms with Crippen molar-refractivity contribution in [3.8, 4) is 0 Å². The third-order valence-electron chi connectivity index (χ3n) is 3.96. The van der Waals surface area contributed by atoms with E-state index in [1.54, 1.807) is 34.4 Å². The van der Waals surface area contributed by atoms with Crippen LogP contribution >= 0.6 is 11.3 Å². The number of benzene rings is 1. The summed E-state index contributed by atoms with van der Waals surface area (Å²) in [6, 6.07) is 6.20. The lowest BCUT2D eigenvalue weighted by Gasteiger charge is -2.12. The fraction of sp³-hybridized carbons (Fsp3) is 0.250. The van der Waals surface area contributed by atoms with Crippen molar-refractivity contribution in [3.63, 3.8) is 0 Å². The average Bonchev–Trinajstić information content (AvgIpc) is 2.91. The summed E-state index contributed by atoms with van der Waals surface area (Å²) in [7, 11) is 0. The van der Waals surface area contributed by atoms with Crippen LogP contribution in [0.15, 0.2) is 35.4 Å². The van der Waals surface area contributed by atoms with Crippen LogP contribution in [0.5, 0.6) is 0 Å². The fourth-order valence-electron chi connectivity index (χ4n) is 2.85. The lowest BCUT2D eigenvalue weighted by Crippen LogP contribution is -2.25. The molecule has 0 saturated carbocycles. The van der Waals surface area contributed by atoms with Crippen molar-refractivity contribution in [2.24, 2.45) is 0 Å². The highest BCUT2D eigenvalue weighted by molar-refractivity contribution is 7.18. The number of nitrogens with zero attached hydrogens (tertiary/aromatic N) is 2. The van der Waals surface area contributed by atoms with Crippen LogP contribution in [0.3, 0.4) is 0 Å². The smallest absolute Gasteiger partial charge is 0.262 e. The molecule has 22 heavy (non-hydrogen) atoms. The largest absolute Gasteiger partial charge is 0.312 e. The van der Waals surface area contributed by atoms with Crippen molar-refractivity contribution in [1.82, 2.24) is 14.9 Å². The van der Waals surface area contributed by atoms with Gasteiger partial charge in [0, 0.05) is 11.4 Å². The molecule has 0 unspecified atom stereocenters. The highest BCUT2D eigenvalue weighted by Gasteiger charge is 2.19. The number of halogens is 1. The van der Waals surface area contributed by atoms with E-state index in [9.17, 15) is 9.18 Å². The van der Waals surface area contributed by atoms with E-state index >= 15 is 0 Å². The van der Waals surface area contributed by atoms with Gasteiger partial charge >= 0.3 is 0 Å². The standard InChI is InChI=1S/C16H14FN3OS/c17-11-3-1-10(2-4-11)8-20-9-19-15-14(16(20)21)12-5-6-18-7-13(12)22-15/h1-4,9,18H,5-8H2. The van der Waals surface area contributed by atoms with Crippen LogP contribution < -0.4 is 10.9 Å². The molecule has 4 nitrogen and oxygen atoms in total. The first-order chi connectivity index (χ1) is 10.7. The summed E-state index contributed by atoms with van der Waals surface area (Å²) in [6.45, 7) is 2.11. The number of nitrogens with one attached hydrogen (secondary N) is 1. The number of fused-ring (bicyclic) bond motifs is 3. The minimum Gasteiger partial charge on any atom is -0.312 e. The number of hydrogen-bond donors (Lipinski definition) is 1. The van der Waals surface area contributed by atoms with E-state index in [0.717, 1.165) is 40.9 Å². The number of rotatable bonds is 2. The number of aromatic nitrogens is 2. The Labute approximate surface area is 130 Å². The normalized spacial score (nSPS) is 14.2. The van der Waals surface area contributed by atoms with Crippen LogP contribution in [0.2, 0.25) is 0 Å². The van der Waals surface area contributed by atoms with Gasteiger partial charge in [-0.25, -0.2) is 9.37 Å². The molecule has 1 aromatic carbocycles. The Kier molecular flexibility index (Phi) is 3.28. The van der Waals surface area contributed by atoms with Crippen molar-refractivity contribution >= 4 is 21.6 Å². The second kappa shape index (κ2) is 5.30. The second-order valence-electron chi connectivity index (χ2n) is 5.41. The topological polar surface area (TPSA) is 46.9 Å². The van der Waals surface area contributed by atoms with E-state index in [0.29, 0.717) is 6.54 Å². The van der Waals surface area contributed by atoms with Crippen molar-refractivity contribution < 1.29 is 4.39 Å². The minimum atomic E-state index is -0.274. The molecule has 1 aliphatic rings. The van der Waals surface area contributed by atoms with Crippen molar-refractivity contribution in [1.29, 1.82) is 0 Å². The summed E-state index contributed by atoms with van der Waals surface area (Å²) in [5, 5.41) is 4.08. The molecular weight excluding hydrogens is 301 g/mol. The van der Waals surface area contributed by atoms with E-state index in [1.807, 2.05) is 0 Å². The maximum Gasteiger partial charge on any atom is 0.262 e. The predicted octanol–water partition coefficient (Wildman–Crippen LogP) is 2.29. The molecule has 0 radical (unpaired) electrons. The van der Waals surface area contributed by atoms with E-state index in [-0.39, 0.29) is 11.4 Å². The molecule has 0 atom stereocenters. The summed E-state index contributed by atoms with van der Waals surface area (Å²) in [6.07, 6.45) is 2.45. The van der Waals surface area contributed by atoms with Gasteiger partial charge in [0.2, 0.25) is 0 Å². The molecule has 0 amide bonds. The van der Waals surface area contributed by atoms with Gasteiger partial charge < -0.3 is 5.32 Å². The van der Waals surface area contributed by atoms with Gasteiger partial charge in [0.1, 0.15) is 10.6 Å². The van der Waals surface area contributed by atoms with Gasteiger partial charge in [-0.1, -0.05) is 12.1 Å². The van der Waals surface area contributed by atoms with Gasteiger partial charge in [-0.2, -0.15) is 0 Å². The summed E-state index contributed by atoms with van der Waals surface area (Å²) in [5.74, 6) is -0.274. The summed E-state index contributed by atoms with van der Waals surface area (Å²) in [5.41, 5.74) is 2.02. The molecule has 2 aromatic heterocycles. The quantitative estimate of drug-likeness (QED) is 0.789. The fourth-order valence-corrected chi connectivity index (χ4v) is 4.00. The maximum absolute atomic E-state index is 13.0. The Morgan fingerprint density at radius 3 is 2.95 bits per heavy atom. The minimum absolute atomic E-state index is 0.00581.